The third-order valence-electron chi connectivity index (χ3n) is 5.25. The van der Waals surface area contributed by atoms with Gasteiger partial charge in [-0.2, -0.15) is 8.42 Å². The first-order chi connectivity index (χ1) is 17.4. The van der Waals surface area contributed by atoms with Gasteiger partial charge < -0.3 is 19.4 Å². The van der Waals surface area contributed by atoms with E-state index in [0.29, 0.717) is 0 Å². The lowest BCUT2D eigenvalue weighted by molar-refractivity contribution is -0.161. The molecule has 8 nitrogen and oxygen atoms in total. The molecule has 0 spiro atoms. The predicted molar refractivity (Wildman–Crippen MR) is 138 cm³/mol. The fraction of sp³-hybridized carbons (Fsp3) is 0.286. The number of rotatable bonds is 9. The molecule has 2 unspecified atom stereocenters. The lowest BCUT2D eigenvalue weighted by atomic mass is 9.91. The maximum absolute atomic E-state index is 13.2. The van der Waals surface area contributed by atoms with Crippen LogP contribution in [-0.2, 0) is 35.8 Å². The van der Waals surface area contributed by atoms with E-state index < -0.39 is 39.6 Å². The van der Waals surface area contributed by atoms with Crippen molar-refractivity contribution >= 4 is 22.1 Å². The molecule has 0 fully saturated rings. The fourth-order valence-corrected chi connectivity index (χ4v) is 4.38. The Morgan fingerprint density at radius 3 is 2.16 bits per heavy atom. The quantitative estimate of drug-likeness (QED) is 0.325. The van der Waals surface area contributed by atoms with Crippen LogP contribution in [0.3, 0.4) is 0 Å². The smallest absolute Gasteiger partial charge is 0.339 e. The number of ether oxygens (including phenoxy) is 2. The van der Waals surface area contributed by atoms with Crippen LogP contribution >= 0.6 is 0 Å². The van der Waals surface area contributed by atoms with Gasteiger partial charge in [0.25, 0.3) is 0 Å². The highest BCUT2D eigenvalue weighted by Crippen LogP contribution is 2.29. The van der Waals surface area contributed by atoms with Crippen molar-refractivity contribution in [3.8, 4) is 5.75 Å². The van der Waals surface area contributed by atoms with Gasteiger partial charge in [0, 0.05) is 0 Å². The Morgan fingerprint density at radius 2 is 1.54 bits per heavy atom. The first-order valence-electron chi connectivity index (χ1n) is 11.7. The van der Waals surface area contributed by atoms with Crippen molar-refractivity contribution in [3.63, 3.8) is 0 Å². The number of benzene rings is 3. The summed E-state index contributed by atoms with van der Waals surface area (Å²) in [4.78, 5) is 26.0. The molecule has 0 saturated carbocycles. The molecule has 3 rings (SSSR count). The number of aryl methyl sites for hydroxylation is 1. The van der Waals surface area contributed by atoms with E-state index in [0.717, 1.165) is 11.1 Å². The first kappa shape index (κ1) is 27.9. The zero-order valence-electron chi connectivity index (χ0n) is 21.2. The SMILES string of the molecule is Cc1ccc(S(=O)(=O)Oc2cccc(C(C(=O)OC(C)(C)C)C(N)C(=O)OCc3ccccc3)c2)cc1. The molecule has 0 aliphatic rings. The average molecular weight is 526 g/mol. The van der Waals surface area contributed by atoms with E-state index in [1.165, 1.54) is 30.3 Å². The van der Waals surface area contributed by atoms with Crippen LogP contribution < -0.4 is 9.92 Å². The topological polar surface area (TPSA) is 122 Å². The Labute approximate surface area is 217 Å². The molecule has 0 heterocycles. The maximum atomic E-state index is 13.2. The van der Waals surface area contributed by atoms with Gasteiger partial charge >= 0.3 is 22.1 Å². The molecule has 196 valence electrons. The second kappa shape index (κ2) is 11.6. The van der Waals surface area contributed by atoms with Crippen LogP contribution in [0.1, 0.15) is 43.4 Å². The van der Waals surface area contributed by atoms with Crippen LogP contribution in [0.2, 0.25) is 0 Å². The summed E-state index contributed by atoms with van der Waals surface area (Å²) in [6.45, 7) is 6.89. The van der Waals surface area contributed by atoms with Crippen molar-refractivity contribution < 1.29 is 31.7 Å². The lowest BCUT2D eigenvalue weighted by Crippen LogP contribution is -2.43. The molecular formula is C28H31NO7S. The minimum atomic E-state index is -4.14. The number of nitrogens with two attached hydrogens (primary N) is 1. The van der Waals surface area contributed by atoms with Crippen molar-refractivity contribution in [2.24, 2.45) is 5.73 Å². The second-order valence-electron chi connectivity index (χ2n) is 9.55. The minimum Gasteiger partial charge on any atom is -0.460 e. The Morgan fingerprint density at radius 1 is 0.892 bits per heavy atom. The first-order valence-corrected chi connectivity index (χ1v) is 13.1. The third-order valence-corrected chi connectivity index (χ3v) is 6.51. The van der Waals surface area contributed by atoms with Gasteiger partial charge in [-0.3, -0.25) is 9.59 Å². The molecule has 0 aliphatic carbocycles. The largest absolute Gasteiger partial charge is 0.460 e. The molecule has 2 atom stereocenters. The predicted octanol–water partition coefficient (Wildman–Crippen LogP) is 4.26. The van der Waals surface area contributed by atoms with Gasteiger partial charge in [0.15, 0.2) is 0 Å². The summed E-state index contributed by atoms with van der Waals surface area (Å²) in [5, 5.41) is 0. The number of hydrogen-bond acceptors (Lipinski definition) is 8. The summed E-state index contributed by atoms with van der Waals surface area (Å²) in [6.07, 6.45) is 0. The zero-order valence-corrected chi connectivity index (χ0v) is 22.0. The Kier molecular flexibility index (Phi) is 8.73. The highest BCUT2D eigenvalue weighted by Gasteiger charge is 2.37. The van der Waals surface area contributed by atoms with E-state index in [1.54, 1.807) is 51.1 Å². The van der Waals surface area contributed by atoms with Gasteiger partial charge in [0.2, 0.25) is 0 Å². The van der Waals surface area contributed by atoms with Crippen LogP contribution in [0.25, 0.3) is 0 Å². The van der Waals surface area contributed by atoms with E-state index in [9.17, 15) is 18.0 Å². The summed E-state index contributed by atoms with van der Waals surface area (Å²) in [7, 11) is -4.14. The molecular weight excluding hydrogens is 494 g/mol. The number of hydrogen-bond donors (Lipinski definition) is 1. The fourth-order valence-electron chi connectivity index (χ4n) is 3.46. The summed E-state index contributed by atoms with van der Waals surface area (Å²) >= 11 is 0. The molecule has 2 N–H and O–H groups in total. The molecule has 0 bridgehead atoms. The Hall–Kier alpha value is -3.69. The van der Waals surface area contributed by atoms with Gasteiger partial charge in [0.05, 0.1) is 0 Å². The summed E-state index contributed by atoms with van der Waals surface area (Å²) in [5.74, 6) is -2.88. The number of carbonyl (C=O) groups excluding carboxylic acids is 2. The summed E-state index contributed by atoms with van der Waals surface area (Å²) < 4.78 is 41.7. The van der Waals surface area contributed by atoms with Crippen LogP contribution in [0.4, 0.5) is 0 Å². The minimum absolute atomic E-state index is 0.0200. The summed E-state index contributed by atoms with van der Waals surface area (Å²) in [5.41, 5.74) is 7.27. The number of carbonyl (C=O) groups is 2. The van der Waals surface area contributed by atoms with Crippen molar-refractivity contribution in [3.05, 3.63) is 95.6 Å². The highest BCUT2D eigenvalue weighted by atomic mass is 32.2. The van der Waals surface area contributed by atoms with E-state index >= 15 is 0 Å². The third kappa shape index (κ3) is 7.90. The van der Waals surface area contributed by atoms with E-state index in [1.807, 2.05) is 25.1 Å². The molecule has 0 amide bonds. The standard InChI is InChI=1S/C28H31NO7S/c1-19-13-15-23(16-14-19)37(32,33)36-22-12-8-11-21(17-22)24(26(30)35-28(2,3)4)25(29)27(31)34-18-20-9-6-5-7-10-20/h5-17,24-25H,18,29H2,1-4H3. The van der Waals surface area contributed by atoms with Crippen LogP contribution in [0, 0.1) is 6.92 Å². The maximum Gasteiger partial charge on any atom is 0.339 e. The number of esters is 2. The monoisotopic (exact) mass is 525 g/mol. The van der Waals surface area contributed by atoms with Crippen LogP contribution in [0.15, 0.2) is 83.8 Å². The van der Waals surface area contributed by atoms with Crippen LogP contribution in [-0.4, -0.2) is 32.0 Å². The van der Waals surface area contributed by atoms with Crippen molar-refractivity contribution in [2.75, 3.05) is 0 Å². The molecule has 37 heavy (non-hydrogen) atoms. The van der Waals surface area contributed by atoms with Crippen molar-refractivity contribution in [1.82, 2.24) is 0 Å². The van der Waals surface area contributed by atoms with E-state index in [-0.39, 0.29) is 22.8 Å². The molecule has 0 radical (unpaired) electrons. The van der Waals surface area contributed by atoms with E-state index in [2.05, 4.69) is 0 Å². The van der Waals surface area contributed by atoms with Crippen molar-refractivity contribution in [1.29, 1.82) is 0 Å². The van der Waals surface area contributed by atoms with Gasteiger partial charge in [-0.05, 0) is 63.1 Å². The highest BCUT2D eigenvalue weighted by molar-refractivity contribution is 7.87. The molecule has 0 aromatic heterocycles. The Balaban J connectivity index is 1.88. The average Bonchev–Trinajstić information content (AvgIpc) is 2.82. The Bertz CT molecular complexity index is 1330. The molecule has 0 saturated heterocycles. The van der Waals surface area contributed by atoms with Gasteiger partial charge in [-0.1, -0.05) is 60.2 Å². The van der Waals surface area contributed by atoms with Crippen molar-refractivity contribution in [2.45, 2.75) is 56.8 Å². The molecule has 9 heteroatoms. The normalized spacial score (nSPS) is 13.3. The van der Waals surface area contributed by atoms with Gasteiger partial charge in [0.1, 0.15) is 34.8 Å². The van der Waals surface area contributed by atoms with E-state index in [4.69, 9.17) is 19.4 Å². The second-order valence-corrected chi connectivity index (χ2v) is 11.1. The van der Waals surface area contributed by atoms with Gasteiger partial charge in [-0.15, -0.1) is 0 Å². The lowest BCUT2D eigenvalue weighted by Gasteiger charge is -2.27. The summed E-state index contributed by atoms with van der Waals surface area (Å²) in [6, 6.07) is 19.7. The molecule has 3 aromatic rings. The van der Waals surface area contributed by atoms with Crippen LogP contribution in [0.5, 0.6) is 5.75 Å². The van der Waals surface area contributed by atoms with Gasteiger partial charge in [-0.25, -0.2) is 0 Å². The molecule has 3 aromatic carbocycles. The molecule has 0 aliphatic heterocycles. The zero-order chi connectivity index (χ0) is 27.2.